The summed E-state index contributed by atoms with van der Waals surface area (Å²) in [6.07, 6.45) is -0.398. The van der Waals surface area contributed by atoms with Gasteiger partial charge in [0.05, 0.1) is 19.6 Å². The van der Waals surface area contributed by atoms with Gasteiger partial charge in [-0.25, -0.2) is 9.48 Å². The molecule has 1 N–H and O–H groups in total. The highest BCUT2D eigenvalue weighted by Gasteiger charge is 2.28. The van der Waals surface area contributed by atoms with Gasteiger partial charge in [-0.1, -0.05) is 29.8 Å². The smallest absolute Gasteiger partial charge is 0.345 e. The molecule has 23 heavy (non-hydrogen) atoms. The molecule has 3 rings (SSSR count). The van der Waals surface area contributed by atoms with E-state index in [9.17, 15) is 9.59 Å². The van der Waals surface area contributed by atoms with Gasteiger partial charge in [-0.3, -0.25) is 9.36 Å². The van der Waals surface area contributed by atoms with Crippen molar-refractivity contribution >= 4 is 17.5 Å². The van der Waals surface area contributed by atoms with Gasteiger partial charge in [0.2, 0.25) is 5.91 Å². The van der Waals surface area contributed by atoms with Gasteiger partial charge in [-0.15, -0.1) is 0 Å². The Morgan fingerprint density at radius 1 is 1.48 bits per heavy atom. The van der Waals surface area contributed by atoms with Gasteiger partial charge in [0.15, 0.2) is 5.82 Å². The van der Waals surface area contributed by atoms with E-state index in [1.165, 1.54) is 4.68 Å². The maximum absolute atomic E-state index is 12.1. The molecule has 1 atom stereocenters. The van der Waals surface area contributed by atoms with Crippen LogP contribution in [0.25, 0.3) is 0 Å². The summed E-state index contributed by atoms with van der Waals surface area (Å²) in [6.45, 7) is 1.20. The van der Waals surface area contributed by atoms with Crippen LogP contribution >= 0.6 is 11.6 Å². The number of carbonyl (C=O) groups is 1. The molecular weight excluding hydrogens is 320 g/mol. The number of aromatic nitrogens is 3. The Bertz CT molecular complexity index is 783. The van der Waals surface area contributed by atoms with Crippen molar-refractivity contribution in [2.75, 3.05) is 6.61 Å². The minimum atomic E-state index is -0.510. The minimum Gasteiger partial charge on any atom is -0.368 e. The lowest BCUT2D eigenvalue weighted by Gasteiger charge is -2.22. The molecule has 1 amide bonds. The van der Waals surface area contributed by atoms with Gasteiger partial charge < -0.3 is 10.1 Å². The number of carbonyl (C=O) groups excluding carboxylic acids is 1. The number of aryl methyl sites for hydroxylation is 1. The standard InChI is InChI=1S/C15H17ClN4O3/c1-19-15(22)20-6-7-23-12(14(20)18-19)8-13(21)17-9-10-4-2-3-5-11(10)16/h2-5,12H,6-9H2,1H3,(H,17,21). The Kier molecular flexibility index (Phi) is 4.49. The van der Waals surface area contributed by atoms with Crippen LogP contribution in [0.15, 0.2) is 29.1 Å². The van der Waals surface area contributed by atoms with Gasteiger partial charge in [0, 0.05) is 18.6 Å². The summed E-state index contributed by atoms with van der Waals surface area (Å²) >= 11 is 6.06. The van der Waals surface area contributed by atoms with Gasteiger partial charge >= 0.3 is 5.69 Å². The van der Waals surface area contributed by atoms with Crippen LogP contribution in [0.4, 0.5) is 0 Å². The molecule has 0 saturated carbocycles. The predicted molar refractivity (Wildman–Crippen MR) is 84.1 cm³/mol. The first-order valence-corrected chi connectivity index (χ1v) is 7.69. The largest absolute Gasteiger partial charge is 0.368 e. The molecule has 122 valence electrons. The van der Waals surface area contributed by atoms with E-state index in [4.69, 9.17) is 16.3 Å². The van der Waals surface area contributed by atoms with E-state index in [1.807, 2.05) is 18.2 Å². The summed E-state index contributed by atoms with van der Waals surface area (Å²) in [5.74, 6) is 0.318. The Morgan fingerprint density at radius 2 is 2.26 bits per heavy atom. The number of rotatable bonds is 4. The predicted octanol–water partition coefficient (Wildman–Crippen LogP) is 1.01. The quantitative estimate of drug-likeness (QED) is 0.904. The second-order valence-corrected chi connectivity index (χ2v) is 5.75. The zero-order valence-electron chi connectivity index (χ0n) is 12.7. The minimum absolute atomic E-state index is 0.112. The van der Waals surface area contributed by atoms with Crippen LogP contribution in [0.3, 0.4) is 0 Å². The van der Waals surface area contributed by atoms with Crippen LogP contribution in [-0.4, -0.2) is 26.9 Å². The lowest BCUT2D eigenvalue weighted by atomic mass is 10.2. The highest BCUT2D eigenvalue weighted by molar-refractivity contribution is 6.31. The molecular formula is C15H17ClN4O3. The monoisotopic (exact) mass is 336 g/mol. The SMILES string of the molecule is Cn1nc2n(c1=O)CCOC2CC(=O)NCc1ccccc1Cl. The Hall–Kier alpha value is -2.12. The van der Waals surface area contributed by atoms with Crippen molar-refractivity contribution in [3.8, 4) is 0 Å². The van der Waals surface area contributed by atoms with Crippen molar-refractivity contribution in [3.05, 3.63) is 51.2 Å². The van der Waals surface area contributed by atoms with Crippen molar-refractivity contribution in [1.82, 2.24) is 19.7 Å². The third-order valence-corrected chi connectivity index (χ3v) is 4.13. The molecule has 1 aromatic heterocycles. The molecule has 0 fully saturated rings. The molecule has 1 aliphatic rings. The van der Waals surface area contributed by atoms with Gasteiger partial charge in [-0.05, 0) is 11.6 Å². The maximum atomic E-state index is 12.1. The van der Waals surface area contributed by atoms with Crippen molar-refractivity contribution in [3.63, 3.8) is 0 Å². The summed E-state index contributed by atoms with van der Waals surface area (Å²) < 4.78 is 8.41. The van der Waals surface area contributed by atoms with Crippen molar-refractivity contribution in [1.29, 1.82) is 0 Å². The zero-order valence-corrected chi connectivity index (χ0v) is 13.4. The van der Waals surface area contributed by atoms with Crippen molar-refractivity contribution in [2.45, 2.75) is 25.6 Å². The van der Waals surface area contributed by atoms with Gasteiger partial charge in [0.1, 0.15) is 6.10 Å². The number of halogens is 1. The maximum Gasteiger partial charge on any atom is 0.345 e. The normalized spacial score (nSPS) is 16.9. The molecule has 0 radical (unpaired) electrons. The molecule has 1 aromatic carbocycles. The van der Waals surface area contributed by atoms with E-state index in [-0.39, 0.29) is 18.0 Å². The molecule has 0 aliphatic carbocycles. The van der Waals surface area contributed by atoms with Crippen molar-refractivity contribution < 1.29 is 9.53 Å². The summed E-state index contributed by atoms with van der Waals surface area (Å²) in [5, 5.41) is 7.58. The fourth-order valence-corrected chi connectivity index (χ4v) is 2.76. The first kappa shape index (κ1) is 15.8. The fourth-order valence-electron chi connectivity index (χ4n) is 2.56. The number of nitrogens with one attached hydrogen (secondary N) is 1. The molecule has 2 heterocycles. The van der Waals surface area contributed by atoms with Crippen LogP contribution in [0.2, 0.25) is 5.02 Å². The van der Waals surface area contributed by atoms with E-state index >= 15 is 0 Å². The zero-order chi connectivity index (χ0) is 16.4. The number of ether oxygens (including phenoxy) is 1. The highest BCUT2D eigenvalue weighted by atomic mass is 35.5. The average molecular weight is 337 g/mol. The lowest BCUT2D eigenvalue weighted by Crippen LogP contribution is -2.32. The van der Waals surface area contributed by atoms with Crippen LogP contribution in [0.5, 0.6) is 0 Å². The molecule has 0 saturated heterocycles. The van der Waals surface area contributed by atoms with E-state index in [0.717, 1.165) is 5.56 Å². The van der Waals surface area contributed by atoms with Crippen LogP contribution < -0.4 is 11.0 Å². The number of fused-ring (bicyclic) bond motifs is 1. The second-order valence-electron chi connectivity index (χ2n) is 5.35. The molecule has 1 aliphatic heterocycles. The number of benzene rings is 1. The molecule has 7 nitrogen and oxygen atoms in total. The van der Waals surface area contributed by atoms with Gasteiger partial charge in [-0.2, -0.15) is 5.10 Å². The number of amides is 1. The van der Waals surface area contributed by atoms with Crippen LogP contribution in [0.1, 0.15) is 23.9 Å². The average Bonchev–Trinajstić information content (AvgIpc) is 2.83. The van der Waals surface area contributed by atoms with E-state index < -0.39 is 6.10 Å². The molecule has 2 aromatic rings. The van der Waals surface area contributed by atoms with E-state index in [2.05, 4.69) is 10.4 Å². The first-order chi connectivity index (χ1) is 11.1. The van der Waals surface area contributed by atoms with Gasteiger partial charge in [0.25, 0.3) is 0 Å². The summed E-state index contributed by atoms with van der Waals surface area (Å²) in [6, 6.07) is 7.34. The van der Waals surface area contributed by atoms with E-state index in [0.29, 0.717) is 30.5 Å². The summed E-state index contributed by atoms with van der Waals surface area (Å²) in [4.78, 5) is 24.0. The fraction of sp³-hybridized carbons (Fsp3) is 0.400. The highest BCUT2D eigenvalue weighted by Crippen LogP contribution is 2.22. The Labute approximate surface area is 137 Å². The molecule has 0 bridgehead atoms. The number of nitrogens with zero attached hydrogens (tertiary/aromatic N) is 3. The number of hydrogen-bond donors (Lipinski definition) is 1. The Morgan fingerprint density at radius 3 is 3.04 bits per heavy atom. The Balaban J connectivity index is 1.64. The third kappa shape index (κ3) is 3.30. The van der Waals surface area contributed by atoms with Crippen molar-refractivity contribution in [2.24, 2.45) is 7.05 Å². The lowest BCUT2D eigenvalue weighted by molar-refractivity contribution is -0.125. The number of hydrogen-bond acceptors (Lipinski definition) is 4. The van der Waals surface area contributed by atoms with Crippen LogP contribution in [0, 0.1) is 0 Å². The summed E-state index contributed by atoms with van der Waals surface area (Å²) in [5.41, 5.74) is 0.659. The van der Waals surface area contributed by atoms with E-state index in [1.54, 1.807) is 17.7 Å². The topological polar surface area (TPSA) is 78.2 Å². The van der Waals surface area contributed by atoms with Crippen LogP contribution in [-0.2, 0) is 29.7 Å². The third-order valence-electron chi connectivity index (χ3n) is 3.76. The molecule has 0 spiro atoms. The first-order valence-electron chi connectivity index (χ1n) is 7.31. The molecule has 8 heteroatoms. The summed E-state index contributed by atoms with van der Waals surface area (Å²) in [7, 11) is 1.59. The second kappa shape index (κ2) is 6.55. The molecule has 1 unspecified atom stereocenters.